The van der Waals surface area contributed by atoms with Gasteiger partial charge in [0.15, 0.2) is 0 Å². The fourth-order valence-corrected chi connectivity index (χ4v) is 2.56. The molecule has 3 N–H and O–H groups in total. The fourth-order valence-electron chi connectivity index (χ4n) is 2.56. The molecule has 0 bridgehead atoms. The number of carbonyl (C=O) groups excluding carboxylic acids is 1. The molecule has 8 heteroatoms. The number of benzene rings is 1. The zero-order valence-electron chi connectivity index (χ0n) is 12.1. The summed E-state index contributed by atoms with van der Waals surface area (Å²) < 4.78 is 6.86. The molecule has 1 aromatic heterocycles. The number of aromatic nitrogens is 4. The van der Waals surface area contributed by atoms with Crippen LogP contribution in [-0.2, 0) is 9.53 Å². The number of hydrogen-bond donors (Lipinski definition) is 2. The number of carbonyl (C=O) groups is 1. The highest BCUT2D eigenvalue weighted by Crippen LogP contribution is 2.31. The van der Waals surface area contributed by atoms with Crippen LogP contribution in [0.2, 0.25) is 0 Å². The number of anilines is 1. The first-order valence-corrected chi connectivity index (χ1v) is 7.16. The van der Waals surface area contributed by atoms with Crippen molar-refractivity contribution in [1.82, 2.24) is 20.2 Å². The van der Waals surface area contributed by atoms with Gasteiger partial charge in [0.1, 0.15) is 6.33 Å². The summed E-state index contributed by atoms with van der Waals surface area (Å²) in [7, 11) is 0. The minimum absolute atomic E-state index is 0.0628. The molecule has 116 valence electrons. The lowest BCUT2D eigenvalue weighted by atomic mass is 9.79. The summed E-state index contributed by atoms with van der Waals surface area (Å²) in [6.07, 6.45) is 2.78. The van der Waals surface area contributed by atoms with E-state index in [0.717, 1.165) is 5.69 Å². The van der Waals surface area contributed by atoms with E-state index >= 15 is 0 Å². The Morgan fingerprint density at radius 2 is 2.23 bits per heavy atom. The molecule has 0 saturated carbocycles. The third-order valence-corrected chi connectivity index (χ3v) is 4.04. The number of tetrazole rings is 1. The van der Waals surface area contributed by atoms with E-state index in [1.54, 1.807) is 0 Å². The standard InChI is InChI=1S/C14H18N6O2/c15-9-14(4-6-22-7-5-14)13(21)17-11-2-1-3-12(8-11)20-10-16-18-19-20/h1-3,8,10H,4-7,9,15H2,(H,17,21). The van der Waals surface area contributed by atoms with Crippen molar-refractivity contribution in [2.45, 2.75) is 12.8 Å². The van der Waals surface area contributed by atoms with E-state index < -0.39 is 5.41 Å². The number of nitrogens with zero attached hydrogens (tertiary/aromatic N) is 4. The number of hydrogen-bond acceptors (Lipinski definition) is 6. The summed E-state index contributed by atoms with van der Waals surface area (Å²) in [6, 6.07) is 7.35. The predicted octanol–water partition coefficient (Wildman–Crippen LogP) is 0.356. The monoisotopic (exact) mass is 302 g/mol. The Hall–Kier alpha value is -2.32. The summed E-state index contributed by atoms with van der Waals surface area (Å²) in [5.41, 5.74) is 6.77. The predicted molar refractivity (Wildman–Crippen MR) is 79.3 cm³/mol. The Morgan fingerprint density at radius 1 is 1.41 bits per heavy atom. The Kier molecular flexibility index (Phi) is 4.12. The molecular weight excluding hydrogens is 284 g/mol. The zero-order valence-corrected chi connectivity index (χ0v) is 12.1. The first kappa shape index (κ1) is 14.6. The molecule has 0 aliphatic carbocycles. The maximum absolute atomic E-state index is 12.6. The average Bonchev–Trinajstić information content (AvgIpc) is 3.10. The maximum atomic E-state index is 12.6. The number of nitrogens with two attached hydrogens (primary N) is 1. The van der Waals surface area contributed by atoms with Gasteiger partial charge in [-0.3, -0.25) is 4.79 Å². The van der Waals surface area contributed by atoms with Gasteiger partial charge in [0.2, 0.25) is 5.91 Å². The lowest BCUT2D eigenvalue weighted by Crippen LogP contribution is -2.46. The van der Waals surface area contributed by atoms with Crippen molar-refractivity contribution >= 4 is 11.6 Å². The highest BCUT2D eigenvalue weighted by atomic mass is 16.5. The molecule has 22 heavy (non-hydrogen) atoms. The number of ether oxygens (including phenoxy) is 1. The molecule has 1 amide bonds. The Balaban J connectivity index is 1.78. The minimum Gasteiger partial charge on any atom is -0.381 e. The van der Waals surface area contributed by atoms with Crippen molar-refractivity contribution in [2.24, 2.45) is 11.1 Å². The molecule has 8 nitrogen and oxygen atoms in total. The molecule has 1 aliphatic rings. The summed E-state index contributed by atoms with van der Waals surface area (Å²) >= 11 is 0. The SMILES string of the molecule is NCC1(C(=O)Nc2cccc(-n3cnnn3)c2)CCOCC1. The highest BCUT2D eigenvalue weighted by Gasteiger charge is 2.38. The van der Waals surface area contributed by atoms with E-state index in [0.29, 0.717) is 38.3 Å². The number of rotatable bonds is 4. The van der Waals surface area contributed by atoms with Crippen LogP contribution in [-0.4, -0.2) is 45.9 Å². The summed E-state index contributed by atoms with van der Waals surface area (Å²) in [5, 5.41) is 14.0. The van der Waals surface area contributed by atoms with Crippen molar-refractivity contribution < 1.29 is 9.53 Å². The van der Waals surface area contributed by atoms with E-state index in [1.807, 2.05) is 24.3 Å². The third kappa shape index (κ3) is 2.83. The van der Waals surface area contributed by atoms with Crippen molar-refractivity contribution in [1.29, 1.82) is 0 Å². The van der Waals surface area contributed by atoms with Gasteiger partial charge in [0, 0.05) is 25.4 Å². The topological polar surface area (TPSA) is 108 Å². The second-order valence-electron chi connectivity index (χ2n) is 5.36. The average molecular weight is 302 g/mol. The van der Waals surface area contributed by atoms with Gasteiger partial charge in [-0.25, -0.2) is 4.68 Å². The molecule has 0 spiro atoms. The van der Waals surface area contributed by atoms with Gasteiger partial charge in [-0.2, -0.15) is 0 Å². The molecule has 0 radical (unpaired) electrons. The Bertz CT molecular complexity index is 637. The third-order valence-electron chi connectivity index (χ3n) is 4.04. The molecule has 1 fully saturated rings. The zero-order chi connectivity index (χ0) is 15.4. The second-order valence-corrected chi connectivity index (χ2v) is 5.36. The van der Waals surface area contributed by atoms with Gasteiger partial charge in [-0.15, -0.1) is 5.10 Å². The van der Waals surface area contributed by atoms with Gasteiger partial charge < -0.3 is 15.8 Å². The Morgan fingerprint density at radius 3 is 2.91 bits per heavy atom. The van der Waals surface area contributed by atoms with Gasteiger partial charge in [0.05, 0.1) is 11.1 Å². The number of nitrogens with one attached hydrogen (secondary N) is 1. The van der Waals surface area contributed by atoms with Gasteiger partial charge in [-0.1, -0.05) is 6.07 Å². The molecule has 0 atom stereocenters. The summed E-state index contributed by atoms with van der Waals surface area (Å²) in [5.74, 6) is -0.0628. The highest BCUT2D eigenvalue weighted by molar-refractivity contribution is 5.95. The van der Waals surface area contributed by atoms with Crippen LogP contribution in [0.3, 0.4) is 0 Å². The second kappa shape index (κ2) is 6.20. The van der Waals surface area contributed by atoms with E-state index in [4.69, 9.17) is 10.5 Å². The molecular formula is C14H18N6O2. The molecule has 2 heterocycles. The smallest absolute Gasteiger partial charge is 0.232 e. The van der Waals surface area contributed by atoms with Crippen LogP contribution in [0.25, 0.3) is 5.69 Å². The largest absolute Gasteiger partial charge is 0.381 e. The summed E-state index contributed by atoms with van der Waals surface area (Å²) in [4.78, 5) is 12.6. The van der Waals surface area contributed by atoms with Crippen molar-refractivity contribution in [3.8, 4) is 5.69 Å². The maximum Gasteiger partial charge on any atom is 0.232 e. The number of amides is 1. The molecule has 3 rings (SSSR count). The van der Waals surface area contributed by atoms with Crippen molar-refractivity contribution in [2.75, 3.05) is 25.1 Å². The summed E-state index contributed by atoms with van der Waals surface area (Å²) in [6.45, 7) is 1.44. The molecule has 1 aliphatic heterocycles. The molecule has 1 aromatic carbocycles. The normalized spacial score (nSPS) is 17.1. The molecule has 0 unspecified atom stereocenters. The molecule has 2 aromatic rings. The van der Waals surface area contributed by atoms with Crippen molar-refractivity contribution in [3.63, 3.8) is 0 Å². The van der Waals surface area contributed by atoms with Gasteiger partial charge in [0.25, 0.3) is 0 Å². The van der Waals surface area contributed by atoms with Crippen LogP contribution in [0, 0.1) is 5.41 Å². The first-order chi connectivity index (χ1) is 10.7. The van der Waals surface area contributed by atoms with E-state index in [-0.39, 0.29) is 5.91 Å². The lowest BCUT2D eigenvalue weighted by Gasteiger charge is -2.34. The van der Waals surface area contributed by atoms with Crippen LogP contribution in [0.5, 0.6) is 0 Å². The molecule has 1 saturated heterocycles. The van der Waals surface area contributed by atoms with Crippen LogP contribution >= 0.6 is 0 Å². The lowest BCUT2D eigenvalue weighted by molar-refractivity contribution is -0.130. The van der Waals surface area contributed by atoms with Crippen LogP contribution in [0.1, 0.15) is 12.8 Å². The quantitative estimate of drug-likeness (QED) is 0.844. The van der Waals surface area contributed by atoms with Crippen molar-refractivity contribution in [3.05, 3.63) is 30.6 Å². The van der Waals surface area contributed by atoms with Gasteiger partial charge in [-0.05, 0) is 41.5 Å². The Labute approximate surface area is 127 Å². The van der Waals surface area contributed by atoms with E-state index in [1.165, 1.54) is 11.0 Å². The van der Waals surface area contributed by atoms with Crippen LogP contribution in [0.15, 0.2) is 30.6 Å². The minimum atomic E-state index is -0.553. The van der Waals surface area contributed by atoms with Gasteiger partial charge >= 0.3 is 0 Å². The van der Waals surface area contributed by atoms with Crippen LogP contribution < -0.4 is 11.1 Å². The van der Waals surface area contributed by atoms with E-state index in [2.05, 4.69) is 20.8 Å². The van der Waals surface area contributed by atoms with E-state index in [9.17, 15) is 4.79 Å². The first-order valence-electron chi connectivity index (χ1n) is 7.16. The fraction of sp³-hybridized carbons (Fsp3) is 0.429. The van der Waals surface area contributed by atoms with Crippen LogP contribution in [0.4, 0.5) is 5.69 Å².